The molecule has 144 valence electrons. The Morgan fingerprint density at radius 3 is 3.07 bits per heavy atom. The van der Waals surface area contributed by atoms with Gasteiger partial charge in [0.1, 0.15) is 11.6 Å². The van der Waals surface area contributed by atoms with Crippen LogP contribution in [0.15, 0.2) is 24.3 Å². The zero-order valence-corrected chi connectivity index (χ0v) is 16.0. The molecule has 0 spiro atoms. The van der Waals surface area contributed by atoms with Crippen LogP contribution in [0.4, 0.5) is 0 Å². The van der Waals surface area contributed by atoms with Crippen LogP contribution >= 0.6 is 0 Å². The molecule has 2 aromatic rings. The van der Waals surface area contributed by atoms with Crippen molar-refractivity contribution >= 4 is 5.91 Å². The number of nitrogens with one attached hydrogen (secondary N) is 1. The third kappa shape index (κ3) is 4.05. The van der Waals surface area contributed by atoms with Gasteiger partial charge in [0, 0.05) is 26.1 Å². The second-order valence-corrected chi connectivity index (χ2v) is 7.60. The van der Waals surface area contributed by atoms with E-state index in [9.17, 15) is 4.79 Å². The summed E-state index contributed by atoms with van der Waals surface area (Å²) in [5.74, 6) is 2.04. The van der Waals surface area contributed by atoms with E-state index in [-0.39, 0.29) is 17.9 Å². The lowest BCUT2D eigenvalue weighted by Gasteiger charge is -2.26. The van der Waals surface area contributed by atoms with Gasteiger partial charge in [-0.15, -0.1) is 10.2 Å². The van der Waals surface area contributed by atoms with Crippen LogP contribution in [0.3, 0.4) is 0 Å². The molecule has 1 aromatic heterocycles. The van der Waals surface area contributed by atoms with Crippen LogP contribution in [0.5, 0.6) is 0 Å². The Kier molecular flexibility index (Phi) is 5.53. The molecule has 2 aliphatic rings. The molecule has 6 heteroatoms. The predicted octanol–water partition coefficient (Wildman–Crippen LogP) is 2.75. The van der Waals surface area contributed by atoms with Crippen LogP contribution in [0.2, 0.25) is 0 Å². The van der Waals surface area contributed by atoms with Crippen molar-refractivity contribution in [3.63, 3.8) is 0 Å². The normalized spacial score (nSPS) is 21.4. The van der Waals surface area contributed by atoms with Crippen molar-refractivity contribution < 1.29 is 9.53 Å². The van der Waals surface area contributed by atoms with E-state index < -0.39 is 0 Å². The number of ether oxygens (including phenoxy) is 1. The third-order valence-electron chi connectivity index (χ3n) is 5.76. The van der Waals surface area contributed by atoms with Crippen LogP contribution in [-0.4, -0.2) is 33.8 Å². The molecular formula is C21H28N4O2. The lowest BCUT2D eigenvalue weighted by atomic mass is 9.89. The lowest BCUT2D eigenvalue weighted by Crippen LogP contribution is -2.37. The molecule has 6 nitrogen and oxygen atoms in total. The minimum atomic E-state index is 0.0124. The number of aryl methyl sites for hydroxylation is 3. The number of nitrogens with zero attached hydrogens (tertiary/aromatic N) is 3. The molecule has 27 heavy (non-hydrogen) atoms. The Balaban J connectivity index is 1.19. The quantitative estimate of drug-likeness (QED) is 0.796. The van der Waals surface area contributed by atoms with E-state index in [0.717, 1.165) is 43.8 Å². The van der Waals surface area contributed by atoms with Crippen molar-refractivity contribution in [3.8, 4) is 0 Å². The average Bonchev–Trinajstić information content (AvgIpc) is 3.08. The van der Waals surface area contributed by atoms with Crippen molar-refractivity contribution in [2.75, 3.05) is 13.2 Å². The highest BCUT2D eigenvalue weighted by atomic mass is 16.5. The summed E-state index contributed by atoms with van der Waals surface area (Å²) in [6.07, 6.45) is 6.15. The topological polar surface area (TPSA) is 69.0 Å². The molecule has 0 radical (unpaired) electrons. The van der Waals surface area contributed by atoms with Gasteiger partial charge in [-0.3, -0.25) is 4.79 Å². The Labute approximate surface area is 160 Å². The summed E-state index contributed by atoms with van der Waals surface area (Å²) in [7, 11) is 0. The van der Waals surface area contributed by atoms with Gasteiger partial charge in [-0.25, -0.2) is 0 Å². The van der Waals surface area contributed by atoms with E-state index in [1.807, 2.05) is 6.92 Å². The number of hydrogen-bond acceptors (Lipinski definition) is 4. The molecule has 4 rings (SSSR count). The molecular weight excluding hydrogens is 340 g/mol. The van der Waals surface area contributed by atoms with Crippen LogP contribution < -0.4 is 5.32 Å². The van der Waals surface area contributed by atoms with Crippen LogP contribution in [0.25, 0.3) is 0 Å². The van der Waals surface area contributed by atoms with Gasteiger partial charge in [-0.05, 0) is 50.2 Å². The Morgan fingerprint density at radius 2 is 2.15 bits per heavy atom. The molecule has 2 atom stereocenters. The SMILES string of the molecule is Cc1nnc2n1C[C@H](C(=O)NCCCO[C@@H]1CCCc3ccccc31)CC2. The summed E-state index contributed by atoms with van der Waals surface area (Å²) >= 11 is 0. The van der Waals surface area contributed by atoms with Gasteiger partial charge in [0.15, 0.2) is 0 Å². The van der Waals surface area contributed by atoms with Crippen molar-refractivity contribution in [3.05, 3.63) is 47.0 Å². The second kappa shape index (κ2) is 8.21. The summed E-state index contributed by atoms with van der Waals surface area (Å²) < 4.78 is 8.18. The summed E-state index contributed by atoms with van der Waals surface area (Å²) in [6.45, 7) is 3.98. The molecule has 0 saturated carbocycles. The van der Waals surface area contributed by atoms with E-state index in [1.165, 1.54) is 17.5 Å². The van der Waals surface area contributed by atoms with Crippen molar-refractivity contribution in [1.29, 1.82) is 0 Å². The van der Waals surface area contributed by atoms with Gasteiger partial charge in [-0.2, -0.15) is 0 Å². The third-order valence-corrected chi connectivity index (χ3v) is 5.76. The summed E-state index contributed by atoms with van der Waals surface area (Å²) in [6, 6.07) is 8.59. The fourth-order valence-electron chi connectivity index (χ4n) is 4.21. The van der Waals surface area contributed by atoms with E-state index in [2.05, 4.69) is 44.3 Å². The van der Waals surface area contributed by atoms with E-state index >= 15 is 0 Å². The van der Waals surface area contributed by atoms with Crippen LogP contribution in [0, 0.1) is 12.8 Å². The van der Waals surface area contributed by atoms with Gasteiger partial charge >= 0.3 is 0 Å². The number of aromatic nitrogens is 3. The molecule has 0 unspecified atom stereocenters. The van der Waals surface area contributed by atoms with Gasteiger partial charge in [0.25, 0.3) is 0 Å². The number of fused-ring (bicyclic) bond motifs is 2. The highest BCUT2D eigenvalue weighted by Crippen LogP contribution is 2.32. The maximum Gasteiger partial charge on any atom is 0.224 e. The largest absolute Gasteiger partial charge is 0.373 e. The number of hydrogen-bond donors (Lipinski definition) is 1. The van der Waals surface area contributed by atoms with E-state index in [0.29, 0.717) is 19.7 Å². The zero-order chi connectivity index (χ0) is 18.6. The van der Waals surface area contributed by atoms with Crippen LogP contribution in [-0.2, 0) is 28.9 Å². The maximum absolute atomic E-state index is 12.5. The fraction of sp³-hybridized carbons (Fsp3) is 0.571. The number of rotatable bonds is 6. The van der Waals surface area contributed by atoms with Gasteiger partial charge in [0.05, 0.1) is 12.0 Å². The van der Waals surface area contributed by atoms with Crippen molar-refractivity contribution in [1.82, 2.24) is 20.1 Å². The monoisotopic (exact) mass is 368 g/mol. The molecule has 0 bridgehead atoms. The number of carbonyl (C=O) groups excluding carboxylic acids is 1. The smallest absolute Gasteiger partial charge is 0.224 e. The molecule has 1 N–H and O–H groups in total. The van der Waals surface area contributed by atoms with E-state index in [4.69, 9.17) is 4.74 Å². The zero-order valence-electron chi connectivity index (χ0n) is 16.0. The number of amides is 1. The number of benzene rings is 1. The van der Waals surface area contributed by atoms with Crippen molar-refractivity contribution in [2.24, 2.45) is 5.92 Å². The Morgan fingerprint density at radius 1 is 1.26 bits per heavy atom. The van der Waals surface area contributed by atoms with Gasteiger partial charge in [-0.1, -0.05) is 24.3 Å². The highest BCUT2D eigenvalue weighted by molar-refractivity contribution is 5.78. The highest BCUT2D eigenvalue weighted by Gasteiger charge is 2.26. The molecule has 0 fully saturated rings. The van der Waals surface area contributed by atoms with Crippen molar-refractivity contribution in [2.45, 2.75) is 58.1 Å². The minimum Gasteiger partial charge on any atom is -0.373 e. The molecule has 1 aromatic carbocycles. The molecule has 1 amide bonds. The first-order chi connectivity index (χ1) is 13.2. The van der Waals surface area contributed by atoms with Gasteiger partial charge in [0.2, 0.25) is 5.91 Å². The first-order valence-electron chi connectivity index (χ1n) is 10.1. The first kappa shape index (κ1) is 18.2. The van der Waals surface area contributed by atoms with Crippen LogP contribution in [0.1, 0.15) is 54.6 Å². The van der Waals surface area contributed by atoms with Gasteiger partial charge < -0.3 is 14.6 Å². The molecule has 1 aliphatic carbocycles. The Bertz CT molecular complexity index is 801. The first-order valence-corrected chi connectivity index (χ1v) is 10.1. The maximum atomic E-state index is 12.5. The fourth-order valence-corrected chi connectivity index (χ4v) is 4.21. The Hall–Kier alpha value is -2.21. The summed E-state index contributed by atoms with van der Waals surface area (Å²) in [5, 5.41) is 11.3. The summed E-state index contributed by atoms with van der Waals surface area (Å²) in [4.78, 5) is 12.5. The minimum absolute atomic E-state index is 0.0124. The molecule has 1 aliphatic heterocycles. The lowest BCUT2D eigenvalue weighted by molar-refractivity contribution is -0.126. The average molecular weight is 368 g/mol. The number of carbonyl (C=O) groups is 1. The summed E-state index contributed by atoms with van der Waals surface area (Å²) in [5.41, 5.74) is 2.76. The van der Waals surface area contributed by atoms with E-state index in [1.54, 1.807) is 0 Å². The molecule has 2 heterocycles. The molecule has 0 saturated heterocycles. The standard InChI is InChI=1S/C21H28N4O2/c1-15-23-24-20-11-10-17(14-25(15)20)21(26)22-12-5-13-27-19-9-4-7-16-6-2-3-8-18(16)19/h2-3,6,8,17,19H,4-5,7,9-14H2,1H3,(H,22,26)/t17-,19-/m1/s1. The predicted molar refractivity (Wildman–Crippen MR) is 102 cm³/mol. The second-order valence-electron chi connectivity index (χ2n) is 7.60.